The highest BCUT2D eigenvalue weighted by Crippen LogP contribution is 2.72. The number of hydrogen-bond donors (Lipinski definition) is 1. The number of fused-ring (bicyclic) bond motifs is 7. The van der Waals surface area contributed by atoms with Crippen molar-refractivity contribution in [2.24, 2.45) is 45.8 Å². The molecule has 6 aliphatic rings. The summed E-state index contributed by atoms with van der Waals surface area (Å²) in [4.78, 5) is 28.2. The second-order valence-corrected chi connectivity index (χ2v) is 18.5. The van der Waals surface area contributed by atoms with E-state index in [-0.39, 0.29) is 46.1 Å². The third-order valence-corrected chi connectivity index (χ3v) is 15.9. The van der Waals surface area contributed by atoms with Crippen LogP contribution in [0.3, 0.4) is 0 Å². The van der Waals surface area contributed by atoms with Gasteiger partial charge in [-0.1, -0.05) is 41.5 Å². The lowest BCUT2D eigenvalue weighted by Crippen LogP contribution is -2.63. The summed E-state index contributed by atoms with van der Waals surface area (Å²) < 4.78 is 23.5. The van der Waals surface area contributed by atoms with E-state index in [2.05, 4.69) is 58.2 Å². The van der Waals surface area contributed by atoms with Gasteiger partial charge in [-0.2, -0.15) is 0 Å². The molecule has 7 heteroatoms. The van der Waals surface area contributed by atoms with E-state index >= 15 is 0 Å². The first kappa shape index (κ1) is 31.9. The normalized spacial score (nSPS) is 43.9. The minimum Gasteiger partial charge on any atom is -0.462 e. The predicted octanol–water partition coefficient (Wildman–Crippen LogP) is 6.61. The maximum atomic E-state index is 14.5. The summed E-state index contributed by atoms with van der Waals surface area (Å²) >= 11 is 0. The van der Waals surface area contributed by atoms with Gasteiger partial charge in [0, 0.05) is 24.8 Å². The number of piperidine rings is 1. The van der Waals surface area contributed by atoms with Gasteiger partial charge in [0.05, 0.1) is 4.75 Å². The van der Waals surface area contributed by atoms with Gasteiger partial charge in [0.2, 0.25) is 0 Å². The van der Waals surface area contributed by atoms with E-state index in [9.17, 15) is 13.8 Å². The SMILES string of the molecule is CC(=O)OC1CCC2(C)C(CCC3(C)C4CC[C@@]5(S(=O)NC6CCN(C)CC6)CC(=O)C(C(C)C)=C5C4CCC32)C1(C)C. The van der Waals surface area contributed by atoms with Crippen LogP contribution in [0.1, 0.15) is 119 Å². The number of nitrogens with one attached hydrogen (secondary N) is 1. The molecule has 0 spiro atoms. The van der Waals surface area contributed by atoms with Crippen LogP contribution in [-0.2, 0) is 25.3 Å². The smallest absolute Gasteiger partial charge is 0.302 e. The summed E-state index contributed by atoms with van der Waals surface area (Å²) in [5.74, 6) is 2.30. The van der Waals surface area contributed by atoms with Gasteiger partial charge in [-0.25, -0.2) is 8.93 Å². The largest absolute Gasteiger partial charge is 0.462 e. The molecular weight excluding hydrogens is 556 g/mol. The van der Waals surface area contributed by atoms with Gasteiger partial charge < -0.3 is 9.64 Å². The molecular formula is C36H58N2O4S. The summed E-state index contributed by atoms with van der Waals surface area (Å²) in [6.45, 7) is 17.8. The van der Waals surface area contributed by atoms with Crippen LogP contribution in [-0.4, -0.2) is 57.9 Å². The second-order valence-electron chi connectivity index (χ2n) is 17.0. The lowest BCUT2D eigenvalue weighted by molar-refractivity contribution is -0.210. The molecule has 4 saturated carbocycles. The zero-order chi connectivity index (χ0) is 31.1. The third kappa shape index (κ3) is 4.87. The number of Topliss-reactive ketones (excluding diaryl/α,β-unsaturated/α-hetero) is 1. The number of ether oxygens (including phenoxy) is 1. The molecule has 0 radical (unpaired) electrons. The zero-order valence-corrected chi connectivity index (χ0v) is 29.0. The molecule has 242 valence electrons. The number of esters is 1. The van der Waals surface area contributed by atoms with Gasteiger partial charge in [-0.05, 0) is 136 Å². The van der Waals surface area contributed by atoms with Crippen molar-refractivity contribution in [1.82, 2.24) is 9.62 Å². The fourth-order valence-corrected chi connectivity index (χ4v) is 14.0. The molecule has 6 nitrogen and oxygen atoms in total. The summed E-state index contributed by atoms with van der Waals surface area (Å²) in [5.41, 5.74) is 2.71. The topological polar surface area (TPSA) is 75.7 Å². The Balaban J connectivity index is 1.32. The second kappa shape index (κ2) is 11.0. The third-order valence-electron chi connectivity index (χ3n) is 14.1. The van der Waals surface area contributed by atoms with Crippen molar-refractivity contribution in [2.45, 2.75) is 136 Å². The summed E-state index contributed by atoms with van der Waals surface area (Å²) in [6, 6.07) is 0.262. The van der Waals surface area contributed by atoms with Crippen molar-refractivity contribution < 1.29 is 18.5 Å². The number of ketones is 1. The quantitative estimate of drug-likeness (QED) is 0.353. The average molecular weight is 615 g/mol. The fourth-order valence-electron chi connectivity index (χ4n) is 12.2. The van der Waals surface area contributed by atoms with Crippen LogP contribution < -0.4 is 4.72 Å². The van der Waals surface area contributed by atoms with E-state index < -0.39 is 15.7 Å². The molecule has 8 unspecified atom stereocenters. The molecule has 1 heterocycles. The standard InChI is InChI=1S/C36H58N2O4S/c1-22(2)31-27(40)21-36(43(41)37-24-14-19-38(8)20-15-24)18-11-26-25(32(31)36)9-10-29-34(26,6)16-12-28-33(4,5)30(42-23(3)39)13-17-35(28,29)7/h22,24-26,28-30,37H,9-21H2,1-8H3/t25?,26?,28?,29?,30?,34?,35?,36-,43?/m1/s1. The molecule has 1 N–H and O–H groups in total. The molecule has 9 atom stereocenters. The molecule has 1 saturated heterocycles. The van der Waals surface area contributed by atoms with E-state index in [1.807, 2.05) is 0 Å². The van der Waals surface area contributed by atoms with Gasteiger partial charge >= 0.3 is 5.97 Å². The van der Waals surface area contributed by atoms with Gasteiger partial charge in [-0.15, -0.1) is 0 Å². The maximum Gasteiger partial charge on any atom is 0.302 e. The molecule has 0 aromatic heterocycles. The minimum atomic E-state index is -1.26. The molecule has 6 rings (SSSR count). The van der Waals surface area contributed by atoms with Crippen LogP contribution in [0.25, 0.3) is 0 Å². The number of nitrogens with zero attached hydrogens (tertiary/aromatic N) is 1. The average Bonchev–Trinajstić information content (AvgIpc) is 3.25. The molecule has 1 aliphatic heterocycles. The first-order valence-electron chi connectivity index (χ1n) is 17.5. The first-order chi connectivity index (χ1) is 20.1. The van der Waals surface area contributed by atoms with Gasteiger partial charge in [0.15, 0.2) is 5.78 Å². The Morgan fingerprint density at radius 1 is 0.930 bits per heavy atom. The number of carbonyl (C=O) groups excluding carboxylic acids is 2. The minimum absolute atomic E-state index is 0.00522. The van der Waals surface area contributed by atoms with Crippen molar-refractivity contribution in [3.8, 4) is 0 Å². The monoisotopic (exact) mass is 614 g/mol. The first-order valence-corrected chi connectivity index (χ1v) is 18.6. The zero-order valence-electron chi connectivity index (χ0n) is 28.2. The highest BCUT2D eigenvalue weighted by Gasteiger charge is 2.67. The Kier molecular flexibility index (Phi) is 8.19. The van der Waals surface area contributed by atoms with Crippen LogP contribution in [0, 0.1) is 45.8 Å². The van der Waals surface area contributed by atoms with Crippen LogP contribution in [0.2, 0.25) is 0 Å². The van der Waals surface area contributed by atoms with Crippen molar-refractivity contribution in [2.75, 3.05) is 20.1 Å². The van der Waals surface area contributed by atoms with Crippen LogP contribution in [0.4, 0.5) is 0 Å². The summed E-state index contributed by atoms with van der Waals surface area (Å²) in [7, 11) is 0.902. The van der Waals surface area contributed by atoms with E-state index in [1.165, 1.54) is 24.8 Å². The molecule has 43 heavy (non-hydrogen) atoms. The van der Waals surface area contributed by atoms with E-state index in [0.29, 0.717) is 30.1 Å². The number of allylic oxidation sites excluding steroid dienone is 1. The summed E-state index contributed by atoms with van der Waals surface area (Å²) in [5, 5.41) is 0. The van der Waals surface area contributed by atoms with E-state index in [1.54, 1.807) is 6.92 Å². The Morgan fingerprint density at radius 3 is 2.26 bits per heavy atom. The van der Waals surface area contributed by atoms with Crippen molar-refractivity contribution >= 4 is 22.7 Å². The molecule has 5 fully saturated rings. The molecule has 0 bridgehead atoms. The highest BCUT2D eigenvalue weighted by atomic mass is 32.2. The molecule has 0 amide bonds. The Hall–Kier alpha value is -1.05. The predicted molar refractivity (Wildman–Crippen MR) is 172 cm³/mol. The Bertz CT molecular complexity index is 1200. The van der Waals surface area contributed by atoms with E-state index in [4.69, 9.17) is 4.74 Å². The molecule has 0 aromatic rings. The lowest BCUT2D eigenvalue weighted by Gasteiger charge is -2.68. The highest BCUT2D eigenvalue weighted by molar-refractivity contribution is 7.84. The van der Waals surface area contributed by atoms with Crippen LogP contribution >= 0.6 is 0 Å². The lowest BCUT2D eigenvalue weighted by atomic mass is 9.37. The fraction of sp³-hybridized carbons (Fsp3) is 0.889. The molecule has 5 aliphatic carbocycles. The Labute approximate surface area is 263 Å². The van der Waals surface area contributed by atoms with Gasteiger partial charge in [0.25, 0.3) is 0 Å². The number of hydrogen-bond acceptors (Lipinski definition) is 5. The Morgan fingerprint density at radius 2 is 1.60 bits per heavy atom. The van der Waals surface area contributed by atoms with Crippen molar-refractivity contribution in [3.63, 3.8) is 0 Å². The van der Waals surface area contributed by atoms with Crippen LogP contribution in [0.5, 0.6) is 0 Å². The number of likely N-dealkylation sites (tertiary alicyclic amines) is 1. The van der Waals surface area contributed by atoms with Gasteiger partial charge in [0.1, 0.15) is 17.1 Å². The maximum absolute atomic E-state index is 14.5. The number of carbonyl (C=O) groups is 2. The van der Waals surface area contributed by atoms with Crippen molar-refractivity contribution in [1.29, 1.82) is 0 Å². The van der Waals surface area contributed by atoms with Gasteiger partial charge in [-0.3, -0.25) is 9.59 Å². The van der Waals surface area contributed by atoms with E-state index in [0.717, 1.165) is 63.6 Å². The summed E-state index contributed by atoms with van der Waals surface area (Å²) in [6.07, 6.45) is 11.1. The van der Waals surface area contributed by atoms with Crippen LogP contribution in [0.15, 0.2) is 11.1 Å². The molecule has 0 aromatic carbocycles. The van der Waals surface area contributed by atoms with Crippen molar-refractivity contribution in [3.05, 3.63) is 11.1 Å². The number of rotatable bonds is 5.